The molecule has 1 heterocycles. The second-order valence-corrected chi connectivity index (χ2v) is 5.78. The second-order valence-electron chi connectivity index (χ2n) is 5.78. The van der Waals surface area contributed by atoms with Crippen LogP contribution in [0, 0.1) is 6.92 Å². The van der Waals surface area contributed by atoms with Gasteiger partial charge < -0.3 is 10.6 Å². The van der Waals surface area contributed by atoms with Crippen LogP contribution in [0.1, 0.15) is 34.8 Å². The van der Waals surface area contributed by atoms with Crippen molar-refractivity contribution in [3.8, 4) is 0 Å². The number of hydrogen-bond donors (Lipinski definition) is 1. The summed E-state index contributed by atoms with van der Waals surface area (Å²) in [5.74, 6) is -0.00727. The molecule has 108 valence electrons. The van der Waals surface area contributed by atoms with E-state index in [4.69, 9.17) is 5.73 Å². The lowest BCUT2D eigenvalue weighted by Gasteiger charge is -2.35. The van der Waals surface area contributed by atoms with Gasteiger partial charge in [0.25, 0.3) is 5.91 Å². The zero-order valence-electron chi connectivity index (χ0n) is 12.5. The van der Waals surface area contributed by atoms with E-state index in [1.54, 1.807) is 0 Å². The summed E-state index contributed by atoms with van der Waals surface area (Å²) in [7, 11) is 0. The number of benzene rings is 2. The van der Waals surface area contributed by atoms with Crippen LogP contribution in [0.3, 0.4) is 0 Å². The Labute approximate surface area is 125 Å². The van der Waals surface area contributed by atoms with E-state index in [0.717, 1.165) is 24.1 Å². The van der Waals surface area contributed by atoms with E-state index < -0.39 is 0 Å². The molecule has 3 nitrogen and oxygen atoms in total. The maximum absolute atomic E-state index is 13.0. The molecule has 0 saturated carbocycles. The molecule has 0 aromatic heterocycles. The van der Waals surface area contributed by atoms with Gasteiger partial charge in [0.2, 0.25) is 0 Å². The Morgan fingerprint density at radius 3 is 2.76 bits per heavy atom. The van der Waals surface area contributed by atoms with Crippen LogP contribution in [0.5, 0.6) is 0 Å². The third kappa shape index (κ3) is 2.40. The summed E-state index contributed by atoms with van der Waals surface area (Å²) in [6.07, 6.45) is 2.00. The van der Waals surface area contributed by atoms with Crippen LogP contribution in [0.25, 0.3) is 0 Å². The van der Waals surface area contributed by atoms with Gasteiger partial charge in [-0.25, -0.2) is 0 Å². The first kappa shape index (κ1) is 13.7. The maximum atomic E-state index is 13.0. The molecule has 1 unspecified atom stereocenters. The molecule has 0 saturated heterocycles. The molecule has 3 rings (SSSR count). The van der Waals surface area contributed by atoms with E-state index in [9.17, 15) is 4.79 Å². The zero-order chi connectivity index (χ0) is 15.0. The molecule has 1 aliphatic heterocycles. The van der Waals surface area contributed by atoms with Gasteiger partial charge in [-0.1, -0.05) is 24.3 Å². The van der Waals surface area contributed by atoms with Crippen molar-refractivity contribution < 1.29 is 4.79 Å². The number of para-hydroxylation sites is 1. The van der Waals surface area contributed by atoms with Crippen LogP contribution >= 0.6 is 0 Å². The molecule has 0 spiro atoms. The van der Waals surface area contributed by atoms with Crippen LogP contribution < -0.4 is 10.6 Å². The average molecular weight is 280 g/mol. The van der Waals surface area contributed by atoms with E-state index in [-0.39, 0.29) is 11.9 Å². The minimum atomic E-state index is -0.00727. The molecular formula is C18H20N2O. The molecule has 2 aromatic rings. The first-order valence-electron chi connectivity index (χ1n) is 7.35. The minimum absolute atomic E-state index is 0.00727. The fourth-order valence-corrected chi connectivity index (χ4v) is 3.00. The third-order valence-corrected chi connectivity index (χ3v) is 4.18. The van der Waals surface area contributed by atoms with Gasteiger partial charge in [0.15, 0.2) is 0 Å². The number of rotatable bonds is 1. The Kier molecular flexibility index (Phi) is 3.42. The van der Waals surface area contributed by atoms with E-state index in [0.29, 0.717) is 11.3 Å². The molecule has 1 atom stereocenters. The number of carbonyl (C=O) groups excluding carboxylic acids is 1. The van der Waals surface area contributed by atoms with Gasteiger partial charge in [0, 0.05) is 17.4 Å². The first-order chi connectivity index (χ1) is 10.1. The summed E-state index contributed by atoms with van der Waals surface area (Å²) in [5, 5.41) is 0. The SMILES string of the molecule is Cc1ccc(C(=O)N2c3ccccc3CCC2C)c(N)c1. The number of hydrogen-bond acceptors (Lipinski definition) is 2. The van der Waals surface area contributed by atoms with E-state index in [2.05, 4.69) is 13.0 Å². The van der Waals surface area contributed by atoms with Crippen molar-refractivity contribution in [2.75, 3.05) is 10.6 Å². The van der Waals surface area contributed by atoms with E-state index >= 15 is 0 Å². The highest BCUT2D eigenvalue weighted by atomic mass is 16.2. The normalized spacial score (nSPS) is 17.4. The predicted molar refractivity (Wildman–Crippen MR) is 86.6 cm³/mol. The topological polar surface area (TPSA) is 46.3 Å². The number of fused-ring (bicyclic) bond motifs is 1. The highest BCUT2D eigenvalue weighted by molar-refractivity contribution is 6.10. The lowest BCUT2D eigenvalue weighted by Crippen LogP contribution is -2.42. The van der Waals surface area contributed by atoms with Crippen LogP contribution in [0.4, 0.5) is 11.4 Å². The highest BCUT2D eigenvalue weighted by Crippen LogP contribution is 2.32. The van der Waals surface area contributed by atoms with Crippen molar-refractivity contribution in [2.24, 2.45) is 0 Å². The van der Waals surface area contributed by atoms with Crippen LogP contribution in [-0.2, 0) is 6.42 Å². The number of nitrogen functional groups attached to an aromatic ring is 1. The number of nitrogens with two attached hydrogens (primary N) is 1. The number of anilines is 2. The molecule has 0 fully saturated rings. The summed E-state index contributed by atoms with van der Waals surface area (Å²) in [4.78, 5) is 14.8. The molecule has 21 heavy (non-hydrogen) atoms. The standard InChI is InChI=1S/C18H20N2O/c1-12-7-10-15(16(19)11-12)18(21)20-13(2)8-9-14-5-3-4-6-17(14)20/h3-7,10-11,13H,8-9,19H2,1-2H3. The van der Waals surface area contributed by atoms with Crippen LogP contribution in [0.15, 0.2) is 42.5 Å². The highest BCUT2D eigenvalue weighted by Gasteiger charge is 2.29. The monoisotopic (exact) mass is 280 g/mol. The summed E-state index contributed by atoms with van der Waals surface area (Å²) < 4.78 is 0. The molecule has 1 aliphatic rings. The Hall–Kier alpha value is -2.29. The minimum Gasteiger partial charge on any atom is -0.398 e. The second kappa shape index (κ2) is 5.24. The summed E-state index contributed by atoms with van der Waals surface area (Å²) in [6.45, 7) is 4.07. The molecule has 0 radical (unpaired) electrons. The first-order valence-corrected chi connectivity index (χ1v) is 7.35. The van der Waals surface area contributed by atoms with Crippen molar-refractivity contribution in [3.63, 3.8) is 0 Å². The molecule has 1 amide bonds. The molecule has 0 bridgehead atoms. The van der Waals surface area contributed by atoms with Gasteiger partial charge in [-0.3, -0.25) is 4.79 Å². The van der Waals surface area contributed by atoms with Crippen LogP contribution in [-0.4, -0.2) is 11.9 Å². The van der Waals surface area contributed by atoms with E-state index in [1.807, 2.05) is 48.2 Å². The molecule has 3 heteroatoms. The van der Waals surface area contributed by atoms with Gasteiger partial charge in [-0.15, -0.1) is 0 Å². The lowest BCUT2D eigenvalue weighted by molar-refractivity contribution is 0.0976. The van der Waals surface area contributed by atoms with Gasteiger partial charge in [-0.2, -0.15) is 0 Å². The number of aryl methyl sites for hydroxylation is 2. The van der Waals surface area contributed by atoms with E-state index in [1.165, 1.54) is 5.56 Å². The number of amides is 1. The Balaban J connectivity index is 2.05. The predicted octanol–water partition coefficient (Wildman–Crippen LogP) is 3.56. The van der Waals surface area contributed by atoms with Gasteiger partial charge >= 0.3 is 0 Å². The Morgan fingerprint density at radius 2 is 2.00 bits per heavy atom. The summed E-state index contributed by atoms with van der Waals surface area (Å²) in [5.41, 5.74) is 10.5. The summed E-state index contributed by atoms with van der Waals surface area (Å²) in [6, 6.07) is 13.9. The lowest BCUT2D eigenvalue weighted by atomic mass is 9.95. The van der Waals surface area contributed by atoms with Crippen molar-refractivity contribution >= 4 is 17.3 Å². The van der Waals surface area contributed by atoms with Crippen molar-refractivity contribution in [1.29, 1.82) is 0 Å². The van der Waals surface area contributed by atoms with Crippen molar-refractivity contribution in [2.45, 2.75) is 32.7 Å². The van der Waals surface area contributed by atoms with Gasteiger partial charge in [0.1, 0.15) is 0 Å². The molecular weight excluding hydrogens is 260 g/mol. The molecule has 0 aliphatic carbocycles. The molecule has 2 aromatic carbocycles. The van der Waals surface area contributed by atoms with Crippen molar-refractivity contribution in [3.05, 3.63) is 59.2 Å². The molecule has 2 N–H and O–H groups in total. The fraction of sp³-hybridized carbons (Fsp3) is 0.278. The van der Waals surface area contributed by atoms with Gasteiger partial charge in [0.05, 0.1) is 5.56 Å². The smallest absolute Gasteiger partial charge is 0.260 e. The average Bonchev–Trinajstić information content (AvgIpc) is 2.46. The third-order valence-electron chi connectivity index (χ3n) is 4.18. The van der Waals surface area contributed by atoms with Crippen molar-refractivity contribution in [1.82, 2.24) is 0 Å². The Bertz CT molecular complexity index is 693. The van der Waals surface area contributed by atoms with Gasteiger partial charge in [-0.05, 0) is 56.0 Å². The maximum Gasteiger partial charge on any atom is 0.260 e. The fourth-order valence-electron chi connectivity index (χ4n) is 3.00. The van der Waals surface area contributed by atoms with Crippen LogP contribution in [0.2, 0.25) is 0 Å². The zero-order valence-corrected chi connectivity index (χ0v) is 12.5. The Morgan fingerprint density at radius 1 is 1.24 bits per heavy atom. The quantitative estimate of drug-likeness (QED) is 0.812. The number of nitrogens with zero attached hydrogens (tertiary/aromatic N) is 1. The number of carbonyl (C=O) groups is 1. The largest absolute Gasteiger partial charge is 0.398 e. The summed E-state index contributed by atoms with van der Waals surface area (Å²) >= 11 is 0.